The van der Waals surface area contributed by atoms with Crippen molar-refractivity contribution in [2.75, 3.05) is 0 Å². The Morgan fingerprint density at radius 3 is 1.25 bits per heavy atom. The number of rotatable bonds is 6. The zero-order valence-corrected chi connectivity index (χ0v) is 14.7. The van der Waals surface area contributed by atoms with E-state index in [1.165, 1.54) is 36.4 Å². The summed E-state index contributed by atoms with van der Waals surface area (Å²) >= 11 is 0. The summed E-state index contributed by atoms with van der Waals surface area (Å²) in [5, 5.41) is 53.3. The van der Waals surface area contributed by atoms with E-state index in [2.05, 4.69) is 0 Å². The van der Waals surface area contributed by atoms with Gasteiger partial charge in [0.05, 0.1) is 0 Å². The van der Waals surface area contributed by atoms with Crippen molar-refractivity contribution in [1.82, 2.24) is 0 Å². The van der Waals surface area contributed by atoms with Crippen LogP contribution in [0.5, 0.6) is 23.0 Å². The molecule has 10 N–H and O–H groups in total. The number of hydrogen-bond donors (Lipinski definition) is 8. The second-order valence-corrected chi connectivity index (χ2v) is 5.94. The van der Waals surface area contributed by atoms with Gasteiger partial charge in [0.2, 0.25) is 0 Å². The monoisotopic (exact) mass is 394 g/mol. The van der Waals surface area contributed by atoms with Crippen LogP contribution < -0.4 is 11.5 Å². The van der Waals surface area contributed by atoms with Crippen molar-refractivity contribution in [2.24, 2.45) is 11.5 Å². The van der Waals surface area contributed by atoms with Crippen LogP contribution in [0.3, 0.4) is 0 Å². The van der Waals surface area contributed by atoms with Crippen molar-refractivity contribution in [2.45, 2.75) is 24.9 Å². The van der Waals surface area contributed by atoms with E-state index in [1.807, 2.05) is 0 Å². The van der Waals surface area contributed by atoms with Gasteiger partial charge >= 0.3 is 11.9 Å². The van der Waals surface area contributed by atoms with Gasteiger partial charge in [-0.1, -0.05) is 12.1 Å². The van der Waals surface area contributed by atoms with E-state index in [1.54, 1.807) is 0 Å². The molecule has 0 aliphatic rings. The first kappa shape index (κ1) is 22.5. The number of carboxylic acid groups (broad SMARTS) is 2. The smallest absolute Gasteiger partial charge is 0.320 e. The average molecular weight is 394 g/mol. The van der Waals surface area contributed by atoms with Crippen molar-refractivity contribution < 1.29 is 40.2 Å². The predicted molar refractivity (Wildman–Crippen MR) is 98.2 cm³/mol. The van der Waals surface area contributed by atoms with E-state index in [0.29, 0.717) is 11.1 Å². The van der Waals surface area contributed by atoms with Crippen LogP contribution in [0.4, 0.5) is 0 Å². The van der Waals surface area contributed by atoms with E-state index in [-0.39, 0.29) is 35.8 Å². The first-order valence-corrected chi connectivity index (χ1v) is 7.99. The Hall–Kier alpha value is -3.50. The Morgan fingerprint density at radius 2 is 1.00 bits per heavy atom. The van der Waals surface area contributed by atoms with Crippen molar-refractivity contribution in [3.8, 4) is 23.0 Å². The van der Waals surface area contributed by atoms with Gasteiger partial charge in [-0.3, -0.25) is 9.59 Å². The summed E-state index contributed by atoms with van der Waals surface area (Å²) in [6.45, 7) is 0. The zero-order chi connectivity index (χ0) is 21.4. The highest BCUT2D eigenvalue weighted by molar-refractivity contribution is 5.74. The molecule has 0 aromatic heterocycles. The molecule has 0 heterocycles. The molecular weight excluding hydrogens is 372 g/mol. The van der Waals surface area contributed by atoms with Crippen molar-refractivity contribution >= 4 is 11.9 Å². The lowest BCUT2D eigenvalue weighted by molar-refractivity contribution is -0.139. The standard InChI is InChI=1S/2C9H11NO4/c2*10-6(9(13)14)3-5-1-2-7(11)8(12)4-5/h2*1-2,4,6,11-12H,3,10H2,(H,13,14)/t6-;/m1./s1. The minimum atomic E-state index is -1.10. The summed E-state index contributed by atoms with van der Waals surface area (Å²) in [6, 6.07) is 6.18. The van der Waals surface area contributed by atoms with Gasteiger partial charge in [0.15, 0.2) is 23.0 Å². The second-order valence-electron chi connectivity index (χ2n) is 5.94. The number of hydrogen-bond acceptors (Lipinski definition) is 8. The summed E-state index contributed by atoms with van der Waals surface area (Å²) in [5.74, 6) is -3.23. The van der Waals surface area contributed by atoms with Crippen molar-refractivity contribution in [1.29, 1.82) is 0 Å². The number of nitrogens with two attached hydrogens (primary N) is 2. The Morgan fingerprint density at radius 1 is 0.679 bits per heavy atom. The van der Waals surface area contributed by atoms with Gasteiger partial charge in [0.25, 0.3) is 0 Å². The minimum Gasteiger partial charge on any atom is -0.504 e. The quantitative estimate of drug-likeness (QED) is 0.310. The van der Waals surface area contributed by atoms with Crippen LogP contribution in [0.1, 0.15) is 11.1 Å². The third kappa shape index (κ3) is 7.02. The first-order valence-electron chi connectivity index (χ1n) is 7.99. The lowest BCUT2D eigenvalue weighted by Crippen LogP contribution is -2.32. The van der Waals surface area contributed by atoms with Crippen LogP contribution >= 0.6 is 0 Å². The normalized spacial score (nSPS) is 12.4. The molecule has 0 spiro atoms. The van der Waals surface area contributed by atoms with Gasteiger partial charge < -0.3 is 42.1 Å². The number of carbonyl (C=O) groups is 2. The number of phenols is 4. The molecule has 152 valence electrons. The number of carboxylic acids is 2. The van der Waals surface area contributed by atoms with Crippen molar-refractivity contribution in [3.05, 3.63) is 47.5 Å². The summed E-state index contributed by atoms with van der Waals surface area (Å²) in [4.78, 5) is 20.8. The van der Waals surface area contributed by atoms with E-state index >= 15 is 0 Å². The number of aromatic hydroxyl groups is 4. The first-order chi connectivity index (χ1) is 13.0. The van der Waals surface area contributed by atoms with E-state index in [0.717, 1.165) is 0 Å². The maximum Gasteiger partial charge on any atom is 0.320 e. The summed E-state index contributed by atoms with van der Waals surface area (Å²) < 4.78 is 0. The third-order valence-electron chi connectivity index (χ3n) is 3.63. The summed E-state index contributed by atoms with van der Waals surface area (Å²) in [6.07, 6.45) is 0.229. The Kier molecular flexibility index (Phi) is 8.05. The second kappa shape index (κ2) is 10.00. The van der Waals surface area contributed by atoms with Crippen molar-refractivity contribution in [3.63, 3.8) is 0 Å². The molecule has 1 unspecified atom stereocenters. The summed E-state index contributed by atoms with van der Waals surface area (Å²) in [7, 11) is 0. The van der Waals surface area contributed by atoms with Crippen LogP contribution in [-0.4, -0.2) is 54.7 Å². The van der Waals surface area contributed by atoms with Crippen LogP contribution in [0.15, 0.2) is 36.4 Å². The molecule has 0 aliphatic heterocycles. The highest BCUT2D eigenvalue weighted by atomic mass is 16.4. The van der Waals surface area contributed by atoms with E-state index in [9.17, 15) is 9.59 Å². The zero-order valence-electron chi connectivity index (χ0n) is 14.7. The maximum atomic E-state index is 10.4. The molecule has 0 amide bonds. The molecule has 2 atom stereocenters. The highest BCUT2D eigenvalue weighted by Gasteiger charge is 2.13. The maximum absolute atomic E-state index is 10.4. The molecule has 0 saturated heterocycles. The lowest BCUT2D eigenvalue weighted by atomic mass is 10.1. The van der Waals surface area contributed by atoms with Gasteiger partial charge in [0, 0.05) is 0 Å². The average Bonchev–Trinajstić information content (AvgIpc) is 2.61. The van der Waals surface area contributed by atoms with Crippen LogP contribution in [0.2, 0.25) is 0 Å². The van der Waals surface area contributed by atoms with Gasteiger partial charge in [-0.05, 0) is 48.2 Å². The lowest BCUT2D eigenvalue weighted by Gasteiger charge is -2.06. The fourth-order valence-corrected chi connectivity index (χ4v) is 2.07. The van der Waals surface area contributed by atoms with Gasteiger partial charge in [-0.2, -0.15) is 0 Å². The molecule has 0 bridgehead atoms. The Balaban J connectivity index is 0.000000280. The number of aliphatic carboxylic acids is 2. The molecule has 28 heavy (non-hydrogen) atoms. The Labute approximate surface area is 159 Å². The van der Waals surface area contributed by atoms with Gasteiger partial charge in [-0.15, -0.1) is 0 Å². The molecule has 10 nitrogen and oxygen atoms in total. The molecule has 0 aliphatic carbocycles. The van der Waals surface area contributed by atoms with Gasteiger partial charge in [0.1, 0.15) is 12.1 Å². The molecule has 0 fully saturated rings. The Bertz CT molecular complexity index is 771. The predicted octanol–water partition coefficient (Wildman–Crippen LogP) is 0.104. The minimum absolute atomic E-state index is 0.114. The fraction of sp³-hybridized carbons (Fsp3) is 0.222. The topological polar surface area (TPSA) is 208 Å². The highest BCUT2D eigenvalue weighted by Crippen LogP contribution is 2.26. The fourth-order valence-electron chi connectivity index (χ4n) is 2.07. The third-order valence-corrected chi connectivity index (χ3v) is 3.63. The SMILES string of the molecule is NC(Cc1ccc(O)c(O)c1)C(=O)O.N[C@H](Cc1ccc(O)c(O)c1)C(=O)O. The largest absolute Gasteiger partial charge is 0.504 e. The molecular formula is C18H22N2O8. The van der Waals surface area contributed by atoms with Crippen LogP contribution in [-0.2, 0) is 22.4 Å². The van der Waals surface area contributed by atoms with Crippen LogP contribution in [0, 0.1) is 0 Å². The molecule has 10 heteroatoms. The molecule has 0 radical (unpaired) electrons. The number of benzene rings is 2. The van der Waals surface area contributed by atoms with E-state index < -0.39 is 24.0 Å². The molecule has 2 aromatic carbocycles. The molecule has 0 saturated carbocycles. The summed E-state index contributed by atoms with van der Waals surface area (Å²) in [5.41, 5.74) is 11.7. The van der Waals surface area contributed by atoms with E-state index in [4.69, 9.17) is 42.1 Å². The molecule has 2 rings (SSSR count). The van der Waals surface area contributed by atoms with Gasteiger partial charge in [-0.25, -0.2) is 0 Å². The number of phenolic OH excluding ortho intramolecular Hbond substituents is 4. The molecule has 2 aromatic rings. The van der Waals surface area contributed by atoms with Crippen LogP contribution in [0.25, 0.3) is 0 Å².